The minimum Gasteiger partial charge on any atom is -0.0654 e. The van der Waals surface area contributed by atoms with E-state index in [2.05, 4.69) is 13.8 Å². The molecule has 0 radical (unpaired) electrons. The Morgan fingerprint density at radius 2 is 1.41 bits per heavy atom. The van der Waals surface area contributed by atoms with Gasteiger partial charge in [0.25, 0.3) is 0 Å². The quantitative estimate of drug-likeness (QED) is 0.578. The van der Waals surface area contributed by atoms with Crippen molar-refractivity contribution in [3.05, 3.63) is 0 Å². The molecule has 17 heavy (non-hydrogen) atoms. The zero-order chi connectivity index (χ0) is 12.1. The molecular formula is C17H32. The van der Waals surface area contributed by atoms with E-state index in [9.17, 15) is 0 Å². The lowest BCUT2D eigenvalue weighted by Gasteiger charge is -2.37. The summed E-state index contributed by atoms with van der Waals surface area (Å²) in [5.74, 6) is 4.26. The normalized spacial score (nSPS) is 33.5. The molecule has 0 N–H and O–H groups in total. The van der Waals surface area contributed by atoms with E-state index in [1.165, 1.54) is 57.8 Å². The predicted molar refractivity (Wildman–Crippen MR) is 76.1 cm³/mol. The summed E-state index contributed by atoms with van der Waals surface area (Å²) in [6, 6.07) is 0. The van der Waals surface area contributed by atoms with E-state index < -0.39 is 0 Å². The van der Waals surface area contributed by atoms with Crippen molar-refractivity contribution in [2.75, 3.05) is 0 Å². The lowest BCUT2D eigenvalue weighted by Crippen LogP contribution is -2.26. The standard InChI is InChI=1S/C17H32/c1-3-7-15-10-12-17(13-11-15)14(2)16-8-5-4-6-9-16/h14-17H,3-13H2,1-2H3/t14?,15-,17-. The first-order chi connectivity index (χ1) is 8.31. The predicted octanol–water partition coefficient (Wildman–Crippen LogP) is 5.81. The van der Waals surface area contributed by atoms with Gasteiger partial charge in [0.15, 0.2) is 0 Å². The summed E-state index contributed by atoms with van der Waals surface area (Å²) in [5.41, 5.74) is 0. The molecule has 0 heterocycles. The molecule has 2 aliphatic rings. The second kappa shape index (κ2) is 6.81. The summed E-state index contributed by atoms with van der Waals surface area (Å²) in [5, 5.41) is 0. The zero-order valence-electron chi connectivity index (χ0n) is 12.1. The van der Waals surface area contributed by atoms with Crippen LogP contribution in [-0.4, -0.2) is 0 Å². The van der Waals surface area contributed by atoms with Gasteiger partial charge in [-0.1, -0.05) is 71.6 Å². The molecule has 0 nitrogen and oxygen atoms in total. The van der Waals surface area contributed by atoms with Gasteiger partial charge in [-0.05, 0) is 36.5 Å². The smallest absolute Gasteiger partial charge is 0.0386 e. The molecule has 1 unspecified atom stereocenters. The van der Waals surface area contributed by atoms with Crippen LogP contribution in [-0.2, 0) is 0 Å². The minimum atomic E-state index is 1.03. The molecule has 100 valence electrons. The topological polar surface area (TPSA) is 0 Å². The highest BCUT2D eigenvalue weighted by Crippen LogP contribution is 2.41. The molecule has 0 aromatic rings. The third-order valence-electron chi connectivity index (χ3n) is 5.73. The molecule has 0 saturated heterocycles. The first kappa shape index (κ1) is 13.4. The van der Waals surface area contributed by atoms with Gasteiger partial charge in [-0.25, -0.2) is 0 Å². The third kappa shape index (κ3) is 3.73. The van der Waals surface area contributed by atoms with E-state index in [4.69, 9.17) is 0 Å². The monoisotopic (exact) mass is 236 g/mol. The van der Waals surface area contributed by atoms with E-state index >= 15 is 0 Å². The molecule has 0 aromatic carbocycles. The Bertz CT molecular complexity index is 194. The SMILES string of the molecule is CCC[C@H]1CC[C@H](C(C)C2CCCCC2)CC1. The van der Waals surface area contributed by atoms with Gasteiger partial charge in [0.05, 0.1) is 0 Å². The Morgan fingerprint density at radius 3 is 2.00 bits per heavy atom. The summed E-state index contributed by atoms with van der Waals surface area (Å²) < 4.78 is 0. The maximum Gasteiger partial charge on any atom is -0.0386 e. The minimum absolute atomic E-state index is 1.03. The lowest BCUT2D eigenvalue weighted by atomic mass is 9.68. The van der Waals surface area contributed by atoms with Crippen LogP contribution in [0.1, 0.15) is 84.5 Å². The van der Waals surface area contributed by atoms with Crippen LogP contribution in [0.15, 0.2) is 0 Å². The number of rotatable bonds is 4. The van der Waals surface area contributed by atoms with Gasteiger partial charge in [-0.15, -0.1) is 0 Å². The molecule has 0 aromatic heterocycles. The van der Waals surface area contributed by atoms with Crippen molar-refractivity contribution in [1.29, 1.82) is 0 Å². The van der Waals surface area contributed by atoms with Crippen LogP contribution in [0.4, 0.5) is 0 Å². The molecule has 0 heteroatoms. The maximum atomic E-state index is 2.57. The molecule has 0 spiro atoms. The van der Waals surface area contributed by atoms with Crippen LogP contribution in [0.2, 0.25) is 0 Å². The summed E-state index contributed by atoms with van der Waals surface area (Å²) in [6.45, 7) is 4.91. The van der Waals surface area contributed by atoms with Gasteiger partial charge in [0.1, 0.15) is 0 Å². The molecule has 0 aliphatic heterocycles. The van der Waals surface area contributed by atoms with Crippen molar-refractivity contribution < 1.29 is 0 Å². The fourth-order valence-electron chi connectivity index (χ4n) is 4.46. The highest BCUT2D eigenvalue weighted by atomic mass is 14.4. The molecule has 1 atom stereocenters. The average Bonchev–Trinajstić information content (AvgIpc) is 2.40. The van der Waals surface area contributed by atoms with Gasteiger partial charge >= 0.3 is 0 Å². The molecule has 2 saturated carbocycles. The van der Waals surface area contributed by atoms with Crippen LogP contribution in [0.25, 0.3) is 0 Å². The molecule has 2 rings (SSSR count). The van der Waals surface area contributed by atoms with Gasteiger partial charge in [0.2, 0.25) is 0 Å². The van der Waals surface area contributed by atoms with Crippen LogP contribution in [0, 0.1) is 23.7 Å². The lowest BCUT2D eigenvalue weighted by molar-refractivity contribution is 0.137. The van der Waals surface area contributed by atoms with E-state index in [-0.39, 0.29) is 0 Å². The average molecular weight is 236 g/mol. The highest BCUT2D eigenvalue weighted by molar-refractivity contribution is 4.81. The fraction of sp³-hybridized carbons (Fsp3) is 1.00. The first-order valence-corrected chi connectivity index (χ1v) is 8.31. The van der Waals surface area contributed by atoms with Gasteiger partial charge in [-0.3, -0.25) is 0 Å². The summed E-state index contributed by atoms with van der Waals surface area (Å²) in [7, 11) is 0. The van der Waals surface area contributed by atoms with Crippen molar-refractivity contribution >= 4 is 0 Å². The fourth-order valence-corrected chi connectivity index (χ4v) is 4.46. The van der Waals surface area contributed by atoms with Crippen LogP contribution < -0.4 is 0 Å². The maximum absolute atomic E-state index is 2.57. The van der Waals surface area contributed by atoms with Gasteiger partial charge in [0, 0.05) is 0 Å². The Kier molecular flexibility index (Phi) is 5.38. The van der Waals surface area contributed by atoms with Crippen molar-refractivity contribution in [1.82, 2.24) is 0 Å². The third-order valence-corrected chi connectivity index (χ3v) is 5.73. The summed E-state index contributed by atoms with van der Waals surface area (Å²) >= 11 is 0. The highest BCUT2D eigenvalue weighted by Gasteiger charge is 2.30. The molecular weight excluding hydrogens is 204 g/mol. The van der Waals surface area contributed by atoms with Crippen LogP contribution in [0.3, 0.4) is 0 Å². The van der Waals surface area contributed by atoms with Gasteiger partial charge < -0.3 is 0 Å². The molecule has 0 bridgehead atoms. The Hall–Kier alpha value is 0. The van der Waals surface area contributed by atoms with Crippen molar-refractivity contribution in [2.24, 2.45) is 23.7 Å². The Balaban J connectivity index is 1.75. The Morgan fingerprint density at radius 1 is 0.824 bits per heavy atom. The molecule has 2 aliphatic carbocycles. The number of hydrogen-bond donors (Lipinski definition) is 0. The van der Waals surface area contributed by atoms with E-state index in [0.29, 0.717) is 0 Å². The molecule has 2 fully saturated rings. The Labute approximate surface area is 109 Å². The summed E-state index contributed by atoms with van der Waals surface area (Å²) in [4.78, 5) is 0. The number of hydrogen-bond acceptors (Lipinski definition) is 0. The van der Waals surface area contributed by atoms with E-state index in [0.717, 1.165) is 23.7 Å². The molecule has 0 amide bonds. The largest absolute Gasteiger partial charge is 0.0654 e. The van der Waals surface area contributed by atoms with Crippen molar-refractivity contribution in [3.63, 3.8) is 0 Å². The first-order valence-electron chi connectivity index (χ1n) is 8.31. The van der Waals surface area contributed by atoms with Crippen LogP contribution >= 0.6 is 0 Å². The van der Waals surface area contributed by atoms with E-state index in [1.807, 2.05) is 0 Å². The van der Waals surface area contributed by atoms with E-state index in [1.54, 1.807) is 12.8 Å². The van der Waals surface area contributed by atoms with Crippen LogP contribution in [0.5, 0.6) is 0 Å². The van der Waals surface area contributed by atoms with Gasteiger partial charge in [-0.2, -0.15) is 0 Å². The van der Waals surface area contributed by atoms with Crippen molar-refractivity contribution in [3.8, 4) is 0 Å². The van der Waals surface area contributed by atoms with Crippen molar-refractivity contribution in [2.45, 2.75) is 84.5 Å². The second-order valence-electron chi connectivity index (χ2n) is 6.83. The second-order valence-corrected chi connectivity index (χ2v) is 6.83. The zero-order valence-corrected chi connectivity index (χ0v) is 12.1. The summed E-state index contributed by atoms with van der Waals surface area (Å²) in [6.07, 6.45) is 16.7.